The molecule has 0 aromatic heterocycles. The van der Waals surface area contributed by atoms with Gasteiger partial charge in [-0.15, -0.1) is 12.4 Å². The minimum Gasteiger partial charge on any atom is -0.303 e. The SMILES string of the molecule is CCCN1CCC(NS(=O)(=O)c2ccc(Cl)cc2)CC1.Cl. The summed E-state index contributed by atoms with van der Waals surface area (Å²) < 4.78 is 27.3. The molecule has 1 fully saturated rings. The first-order valence-electron chi connectivity index (χ1n) is 7.01. The van der Waals surface area contributed by atoms with Crippen LogP contribution in [0.15, 0.2) is 29.2 Å². The Labute approximate surface area is 138 Å². The molecule has 7 heteroatoms. The van der Waals surface area contributed by atoms with Gasteiger partial charge in [-0.25, -0.2) is 13.1 Å². The second-order valence-electron chi connectivity index (χ2n) is 5.19. The monoisotopic (exact) mass is 352 g/mol. The highest BCUT2D eigenvalue weighted by molar-refractivity contribution is 7.89. The van der Waals surface area contributed by atoms with Gasteiger partial charge in [-0.1, -0.05) is 18.5 Å². The molecule has 2 rings (SSSR count). The summed E-state index contributed by atoms with van der Waals surface area (Å²) in [6.07, 6.45) is 2.88. The van der Waals surface area contributed by atoms with Gasteiger partial charge in [0.2, 0.25) is 10.0 Å². The van der Waals surface area contributed by atoms with Crippen LogP contribution in [0.1, 0.15) is 26.2 Å². The Kier molecular flexibility index (Phi) is 7.44. The Bertz CT molecular complexity index is 526. The number of nitrogens with one attached hydrogen (secondary N) is 1. The molecular weight excluding hydrogens is 331 g/mol. The van der Waals surface area contributed by atoms with E-state index in [9.17, 15) is 8.42 Å². The zero-order chi connectivity index (χ0) is 14.6. The molecule has 0 spiro atoms. The normalized spacial score (nSPS) is 17.4. The molecule has 120 valence electrons. The van der Waals surface area contributed by atoms with Crippen molar-refractivity contribution in [2.24, 2.45) is 0 Å². The first kappa shape index (κ1) is 18.7. The van der Waals surface area contributed by atoms with Gasteiger partial charge < -0.3 is 4.90 Å². The van der Waals surface area contributed by atoms with Crippen LogP contribution in [0.5, 0.6) is 0 Å². The van der Waals surface area contributed by atoms with E-state index in [0.29, 0.717) is 5.02 Å². The van der Waals surface area contributed by atoms with Gasteiger partial charge in [0.25, 0.3) is 0 Å². The topological polar surface area (TPSA) is 49.4 Å². The van der Waals surface area contributed by atoms with Crippen molar-refractivity contribution in [3.8, 4) is 0 Å². The average Bonchev–Trinajstić information content (AvgIpc) is 2.41. The van der Waals surface area contributed by atoms with Crippen LogP contribution in [0.4, 0.5) is 0 Å². The fourth-order valence-electron chi connectivity index (χ4n) is 2.49. The van der Waals surface area contributed by atoms with E-state index in [1.54, 1.807) is 12.1 Å². The summed E-state index contributed by atoms with van der Waals surface area (Å²) in [6.45, 7) is 5.18. The predicted octanol–water partition coefficient (Wildman–Crippen LogP) is 2.91. The van der Waals surface area contributed by atoms with Crippen molar-refractivity contribution in [1.82, 2.24) is 9.62 Å². The maximum Gasteiger partial charge on any atom is 0.240 e. The number of piperidine rings is 1. The van der Waals surface area contributed by atoms with E-state index in [0.717, 1.165) is 38.9 Å². The molecule has 1 heterocycles. The molecule has 21 heavy (non-hydrogen) atoms. The van der Waals surface area contributed by atoms with Gasteiger partial charge in [0, 0.05) is 11.1 Å². The van der Waals surface area contributed by atoms with E-state index in [-0.39, 0.29) is 23.3 Å². The van der Waals surface area contributed by atoms with Crippen molar-refractivity contribution in [1.29, 1.82) is 0 Å². The van der Waals surface area contributed by atoms with E-state index in [1.165, 1.54) is 12.1 Å². The number of hydrogen-bond donors (Lipinski definition) is 1. The summed E-state index contributed by atoms with van der Waals surface area (Å²) in [6, 6.07) is 6.30. The summed E-state index contributed by atoms with van der Waals surface area (Å²) in [5.41, 5.74) is 0. The first-order valence-corrected chi connectivity index (χ1v) is 8.87. The van der Waals surface area contributed by atoms with Crippen LogP contribution in [0.25, 0.3) is 0 Å². The van der Waals surface area contributed by atoms with Crippen LogP contribution < -0.4 is 4.72 Å². The van der Waals surface area contributed by atoms with Crippen molar-refractivity contribution >= 4 is 34.0 Å². The van der Waals surface area contributed by atoms with Crippen molar-refractivity contribution in [3.63, 3.8) is 0 Å². The number of sulfonamides is 1. The van der Waals surface area contributed by atoms with Crippen LogP contribution in [-0.4, -0.2) is 39.0 Å². The average molecular weight is 353 g/mol. The van der Waals surface area contributed by atoms with Gasteiger partial charge in [0.1, 0.15) is 0 Å². The zero-order valence-electron chi connectivity index (χ0n) is 12.1. The lowest BCUT2D eigenvalue weighted by Gasteiger charge is -2.31. The van der Waals surface area contributed by atoms with Crippen molar-refractivity contribution < 1.29 is 8.42 Å². The third-order valence-electron chi connectivity index (χ3n) is 3.57. The quantitative estimate of drug-likeness (QED) is 0.886. The molecule has 1 aliphatic heterocycles. The number of nitrogens with zero attached hydrogens (tertiary/aromatic N) is 1. The summed E-state index contributed by atoms with van der Waals surface area (Å²) >= 11 is 5.78. The van der Waals surface area contributed by atoms with E-state index in [2.05, 4.69) is 16.5 Å². The van der Waals surface area contributed by atoms with Crippen LogP contribution in [0.2, 0.25) is 5.02 Å². The van der Waals surface area contributed by atoms with Crippen LogP contribution >= 0.6 is 24.0 Å². The van der Waals surface area contributed by atoms with E-state index in [1.807, 2.05) is 0 Å². The molecule has 4 nitrogen and oxygen atoms in total. The molecule has 1 aromatic rings. The number of rotatable bonds is 5. The number of benzene rings is 1. The predicted molar refractivity (Wildman–Crippen MR) is 88.8 cm³/mol. The maximum atomic E-state index is 12.3. The van der Waals surface area contributed by atoms with Crippen molar-refractivity contribution in [2.75, 3.05) is 19.6 Å². The molecular formula is C14H22Cl2N2O2S. The van der Waals surface area contributed by atoms with Crippen LogP contribution in [-0.2, 0) is 10.0 Å². The lowest BCUT2D eigenvalue weighted by Crippen LogP contribution is -2.44. The molecule has 1 N–H and O–H groups in total. The van der Waals surface area contributed by atoms with E-state index >= 15 is 0 Å². The maximum absolute atomic E-state index is 12.3. The van der Waals surface area contributed by atoms with Crippen LogP contribution in [0, 0.1) is 0 Å². The largest absolute Gasteiger partial charge is 0.303 e. The molecule has 1 aromatic carbocycles. The van der Waals surface area contributed by atoms with E-state index in [4.69, 9.17) is 11.6 Å². The molecule has 0 saturated carbocycles. The van der Waals surface area contributed by atoms with E-state index < -0.39 is 10.0 Å². The third-order valence-corrected chi connectivity index (χ3v) is 5.36. The molecule has 0 unspecified atom stereocenters. The summed E-state index contributed by atoms with van der Waals surface area (Å²) in [4.78, 5) is 2.66. The lowest BCUT2D eigenvalue weighted by atomic mass is 10.1. The second kappa shape index (κ2) is 8.34. The second-order valence-corrected chi connectivity index (χ2v) is 7.34. The Morgan fingerprint density at radius 3 is 2.33 bits per heavy atom. The zero-order valence-corrected chi connectivity index (χ0v) is 14.5. The number of hydrogen-bond acceptors (Lipinski definition) is 3. The fourth-order valence-corrected chi connectivity index (χ4v) is 3.92. The molecule has 0 atom stereocenters. The Morgan fingerprint density at radius 1 is 1.24 bits per heavy atom. The molecule has 1 saturated heterocycles. The number of likely N-dealkylation sites (tertiary alicyclic amines) is 1. The highest BCUT2D eigenvalue weighted by Crippen LogP contribution is 2.17. The van der Waals surface area contributed by atoms with Gasteiger partial charge in [-0.05, 0) is 63.2 Å². The Balaban J connectivity index is 0.00000220. The summed E-state index contributed by atoms with van der Waals surface area (Å²) in [5, 5.41) is 0.539. The molecule has 0 aliphatic carbocycles. The summed E-state index contributed by atoms with van der Waals surface area (Å²) in [7, 11) is -3.43. The lowest BCUT2D eigenvalue weighted by molar-refractivity contribution is 0.208. The Morgan fingerprint density at radius 2 is 1.81 bits per heavy atom. The summed E-state index contributed by atoms with van der Waals surface area (Å²) in [5.74, 6) is 0. The number of halogens is 2. The first-order chi connectivity index (χ1) is 9.51. The highest BCUT2D eigenvalue weighted by atomic mass is 35.5. The van der Waals surface area contributed by atoms with Crippen LogP contribution in [0.3, 0.4) is 0 Å². The molecule has 0 radical (unpaired) electrons. The van der Waals surface area contributed by atoms with Gasteiger partial charge in [0.05, 0.1) is 4.90 Å². The molecule has 0 amide bonds. The third kappa shape index (κ3) is 5.42. The standard InChI is InChI=1S/C14H21ClN2O2S.ClH/c1-2-9-17-10-7-13(8-11-17)16-20(18,19)14-5-3-12(15)4-6-14;/h3-6,13,16H,2,7-11H2,1H3;1H. The fraction of sp³-hybridized carbons (Fsp3) is 0.571. The Hall–Kier alpha value is -0.330. The van der Waals surface area contributed by atoms with Gasteiger partial charge >= 0.3 is 0 Å². The highest BCUT2D eigenvalue weighted by Gasteiger charge is 2.24. The van der Waals surface area contributed by atoms with Gasteiger partial charge in [-0.3, -0.25) is 0 Å². The van der Waals surface area contributed by atoms with Gasteiger partial charge in [-0.2, -0.15) is 0 Å². The molecule has 1 aliphatic rings. The molecule has 0 bridgehead atoms. The smallest absolute Gasteiger partial charge is 0.240 e. The minimum absolute atomic E-state index is 0. The minimum atomic E-state index is -3.43. The van der Waals surface area contributed by atoms with Gasteiger partial charge in [0.15, 0.2) is 0 Å². The van der Waals surface area contributed by atoms with Crippen molar-refractivity contribution in [2.45, 2.75) is 37.1 Å². The van der Waals surface area contributed by atoms with Crippen molar-refractivity contribution in [3.05, 3.63) is 29.3 Å².